The van der Waals surface area contributed by atoms with E-state index in [0.717, 1.165) is 31.6 Å². The fourth-order valence-electron chi connectivity index (χ4n) is 1.88. The van der Waals surface area contributed by atoms with Crippen LogP contribution in [0.3, 0.4) is 0 Å². The highest BCUT2D eigenvalue weighted by molar-refractivity contribution is 7.80. The second kappa shape index (κ2) is 6.62. The molecule has 20 heavy (non-hydrogen) atoms. The molecule has 0 atom stereocenters. The normalized spacial score (nSPS) is 11.3. The average Bonchev–Trinajstić information content (AvgIpc) is 2.32. The van der Waals surface area contributed by atoms with Gasteiger partial charge >= 0.3 is 10.4 Å². The van der Waals surface area contributed by atoms with Gasteiger partial charge in [-0.2, -0.15) is 8.42 Å². The van der Waals surface area contributed by atoms with Crippen LogP contribution in [-0.4, -0.2) is 26.1 Å². The van der Waals surface area contributed by atoms with E-state index in [1.54, 1.807) is 12.1 Å². The number of nitrogens with zero attached hydrogens (tertiary/aromatic N) is 2. The third-order valence-electron chi connectivity index (χ3n) is 2.58. The van der Waals surface area contributed by atoms with Crippen molar-refractivity contribution in [3.05, 3.63) is 12.1 Å². The zero-order valence-electron chi connectivity index (χ0n) is 11.6. The molecule has 1 aromatic heterocycles. The number of rotatable bonds is 7. The van der Waals surface area contributed by atoms with Crippen molar-refractivity contribution in [2.45, 2.75) is 26.7 Å². The SMILES string of the molecule is CCCN(CCC)c1cc(N)[n+](OS(=O)(=O)O)c(N)c1. The lowest BCUT2D eigenvalue weighted by Gasteiger charge is -2.23. The second-order valence-corrected chi connectivity index (χ2v) is 5.35. The first-order valence-electron chi connectivity index (χ1n) is 6.31. The summed E-state index contributed by atoms with van der Waals surface area (Å²) >= 11 is 0. The van der Waals surface area contributed by atoms with Gasteiger partial charge in [0.05, 0.1) is 5.69 Å². The molecule has 0 radical (unpaired) electrons. The molecule has 114 valence electrons. The van der Waals surface area contributed by atoms with Crippen LogP contribution >= 0.6 is 0 Å². The largest absolute Gasteiger partial charge is 0.476 e. The van der Waals surface area contributed by atoms with Crippen molar-refractivity contribution >= 4 is 27.7 Å². The number of aromatic nitrogens is 1. The summed E-state index contributed by atoms with van der Waals surface area (Å²) in [6.45, 7) is 5.77. The third-order valence-corrected chi connectivity index (χ3v) is 2.92. The highest BCUT2D eigenvalue weighted by atomic mass is 32.3. The molecular formula is C11H21N4O4S+. The number of nitrogens with two attached hydrogens (primary N) is 2. The molecule has 0 fully saturated rings. The van der Waals surface area contributed by atoms with Gasteiger partial charge in [-0.1, -0.05) is 13.8 Å². The summed E-state index contributed by atoms with van der Waals surface area (Å²) in [5, 5.41) is 0. The highest BCUT2D eigenvalue weighted by Gasteiger charge is 2.19. The summed E-state index contributed by atoms with van der Waals surface area (Å²) in [5.74, 6) is -0.0373. The monoisotopic (exact) mass is 305 g/mol. The zero-order chi connectivity index (χ0) is 15.3. The quantitative estimate of drug-likeness (QED) is 0.478. The maximum Gasteiger partial charge on any atom is 0.476 e. The molecular weight excluding hydrogens is 284 g/mol. The van der Waals surface area contributed by atoms with Gasteiger partial charge in [0.2, 0.25) is 0 Å². The van der Waals surface area contributed by atoms with Crippen molar-refractivity contribution in [2.24, 2.45) is 0 Å². The molecule has 0 amide bonds. The van der Waals surface area contributed by atoms with Crippen molar-refractivity contribution in [2.75, 3.05) is 29.5 Å². The molecule has 0 spiro atoms. The van der Waals surface area contributed by atoms with Crippen LogP contribution in [0, 0.1) is 0 Å². The lowest BCUT2D eigenvalue weighted by Crippen LogP contribution is -2.50. The summed E-state index contributed by atoms with van der Waals surface area (Å²) in [7, 11) is -4.69. The molecule has 0 aliphatic carbocycles. The molecule has 0 saturated carbocycles. The molecule has 0 aliphatic heterocycles. The molecule has 0 aromatic carbocycles. The second-order valence-electron chi connectivity index (χ2n) is 4.35. The molecule has 0 aliphatic rings. The zero-order valence-corrected chi connectivity index (χ0v) is 12.4. The molecule has 8 nitrogen and oxygen atoms in total. The Morgan fingerprint density at radius 2 is 1.65 bits per heavy atom. The molecule has 0 unspecified atom stereocenters. The first-order valence-corrected chi connectivity index (χ1v) is 7.68. The Labute approximate surface area is 118 Å². The Kier molecular flexibility index (Phi) is 5.40. The van der Waals surface area contributed by atoms with E-state index in [1.165, 1.54) is 0 Å². The van der Waals surface area contributed by atoms with E-state index in [2.05, 4.69) is 23.0 Å². The minimum atomic E-state index is -4.69. The highest BCUT2D eigenvalue weighted by Crippen LogP contribution is 2.19. The van der Waals surface area contributed by atoms with E-state index in [4.69, 9.17) is 16.0 Å². The Morgan fingerprint density at radius 3 is 2.00 bits per heavy atom. The van der Waals surface area contributed by atoms with Crippen LogP contribution in [0.5, 0.6) is 0 Å². The average molecular weight is 305 g/mol. The van der Waals surface area contributed by atoms with E-state index in [1.807, 2.05) is 0 Å². The number of nitrogen functional groups attached to an aromatic ring is 2. The molecule has 1 aromatic rings. The smallest absolute Gasteiger partial charge is 0.371 e. The van der Waals surface area contributed by atoms with Crippen LogP contribution in [0.2, 0.25) is 0 Å². The minimum Gasteiger partial charge on any atom is -0.371 e. The predicted molar refractivity (Wildman–Crippen MR) is 76.4 cm³/mol. The van der Waals surface area contributed by atoms with E-state index >= 15 is 0 Å². The van der Waals surface area contributed by atoms with E-state index in [0.29, 0.717) is 4.73 Å². The Bertz CT molecular complexity index is 533. The minimum absolute atomic E-state index is 0.0187. The van der Waals surface area contributed by atoms with Crippen LogP contribution < -0.4 is 25.4 Å². The fraction of sp³-hybridized carbons (Fsp3) is 0.545. The molecule has 5 N–H and O–H groups in total. The van der Waals surface area contributed by atoms with E-state index < -0.39 is 10.4 Å². The van der Waals surface area contributed by atoms with Crippen molar-refractivity contribution in [1.82, 2.24) is 0 Å². The lowest BCUT2D eigenvalue weighted by atomic mass is 10.2. The van der Waals surface area contributed by atoms with Gasteiger partial charge in [-0.05, 0) is 17.6 Å². The van der Waals surface area contributed by atoms with E-state index in [9.17, 15) is 8.42 Å². The van der Waals surface area contributed by atoms with Crippen molar-refractivity contribution in [3.63, 3.8) is 0 Å². The van der Waals surface area contributed by atoms with Crippen LogP contribution in [0.1, 0.15) is 26.7 Å². The summed E-state index contributed by atoms with van der Waals surface area (Å²) in [4.78, 5) is 2.09. The molecule has 1 heterocycles. The molecule has 1 rings (SSSR count). The van der Waals surface area contributed by atoms with Crippen molar-refractivity contribution < 1.29 is 22.0 Å². The Hall–Kier alpha value is -1.74. The van der Waals surface area contributed by atoms with Crippen LogP contribution in [-0.2, 0) is 10.4 Å². The molecule has 0 saturated heterocycles. The van der Waals surface area contributed by atoms with Crippen molar-refractivity contribution in [3.8, 4) is 0 Å². The maximum absolute atomic E-state index is 10.7. The van der Waals surface area contributed by atoms with Gasteiger partial charge in [-0.3, -0.25) is 4.55 Å². The van der Waals surface area contributed by atoms with Gasteiger partial charge in [0, 0.05) is 25.2 Å². The van der Waals surface area contributed by atoms with Crippen LogP contribution in [0.25, 0.3) is 0 Å². The van der Waals surface area contributed by atoms with Gasteiger partial charge in [-0.25, -0.2) is 4.28 Å². The summed E-state index contributed by atoms with van der Waals surface area (Å²) in [6.07, 6.45) is 1.91. The van der Waals surface area contributed by atoms with Crippen LogP contribution in [0.15, 0.2) is 12.1 Å². The first kappa shape index (κ1) is 16.3. The summed E-state index contributed by atoms with van der Waals surface area (Å²) in [6, 6.07) is 3.10. The van der Waals surface area contributed by atoms with E-state index in [-0.39, 0.29) is 11.6 Å². The Balaban J connectivity index is 3.14. The lowest BCUT2D eigenvalue weighted by molar-refractivity contribution is -0.833. The Morgan fingerprint density at radius 1 is 1.20 bits per heavy atom. The number of pyridine rings is 1. The van der Waals surface area contributed by atoms with Gasteiger partial charge in [0.15, 0.2) is 0 Å². The topological polar surface area (TPSA) is 123 Å². The summed E-state index contributed by atoms with van der Waals surface area (Å²) < 4.78 is 35.1. The van der Waals surface area contributed by atoms with Gasteiger partial charge in [0.25, 0.3) is 11.6 Å². The fourth-order valence-corrected chi connectivity index (χ4v) is 2.24. The predicted octanol–water partition coefficient (Wildman–Crippen LogP) is -0.00370. The molecule has 9 heteroatoms. The van der Waals surface area contributed by atoms with Gasteiger partial charge in [-0.15, -0.1) is 0 Å². The number of anilines is 3. The number of hydrogen-bond donors (Lipinski definition) is 3. The van der Waals surface area contributed by atoms with Crippen molar-refractivity contribution in [1.29, 1.82) is 0 Å². The van der Waals surface area contributed by atoms with Gasteiger partial charge in [0.1, 0.15) is 0 Å². The first-order chi connectivity index (χ1) is 9.28. The maximum atomic E-state index is 10.7. The molecule has 0 bridgehead atoms. The summed E-state index contributed by atoms with van der Waals surface area (Å²) in [5.41, 5.74) is 12.2. The van der Waals surface area contributed by atoms with Crippen LogP contribution in [0.4, 0.5) is 17.3 Å². The standard InChI is InChI=1S/C11H20N4O4S/c1-3-5-14(6-4-2)9-7-10(12)15(11(13)8-9)19-20(16,17)18/h7-8H,3-6H2,1-2H3,(H4,12,13,16,17,18)/p+1. The third kappa shape index (κ3) is 4.42. The van der Waals surface area contributed by atoms with Gasteiger partial charge < -0.3 is 16.4 Å². The number of hydrogen-bond acceptors (Lipinski definition) is 6.